The van der Waals surface area contributed by atoms with Gasteiger partial charge in [0.15, 0.2) is 0 Å². The van der Waals surface area contributed by atoms with E-state index in [1.54, 1.807) is 12.1 Å². The topological polar surface area (TPSA) is 58.6 Å². The number of carbonyl (C=O) groups is 1. The van der Waals surface area contributed by atoms with Gasteiger partial charge in [0.25, 0.3) is 5.91 Å². The molecule has 1 rings (SSSR count). The maximum Gasteiger partial charge on any atom is 0.255 e. The van der Waals surface area contributed by atoms with Gasteiger partial charge in [0, 0.05) is 13.2 Å². The zero-order valence-electron chi connectivity index (χ0n) is 11.2. The van der Waals surface area contributed by atoms with E-state index in [-0.39, 0.29) is 11.7 Å². The maximum atomic E-state index is 11.8. The summed E-state index contributed by atoms with van der Waals surface area (Å²) in [5, 5.41) is 12.3. The van der Waals surface area contributed by atoms with Crippen molar-refractivity contribution in [3.05, 3.63) is 29.3 Å². The van der Waals surface area contributed by atoms with Gasteiger partial charge in [-0.2, -0.15) is 0 Å². The summed E-state index contributed by atoms with van der Waals surface area (Å²) in [7, 11) is 0. The van der Waals surface area contributed by atoms with Gasteiger partial charge in [-0.3, -0.25) is 4.79 Å². The van der Waals surface area contributed by atoms with Crippen molar-refractivity contribution in [3.8, 4) is 5.75 Å². The lowest BCUT2D eigenvalue weighted by atomic mass is 10.1. The molecule has 4 nitrogen and oxygen atoms in total. The predicted molar refractivity (Wildman–Crippen MR) is 70.8 cm³/mol. The average Bonchev–Trinajstić information content (AvgIpc) is 2.31. The van der Waals surface area contributed by atoms with Gasteiger partial charge in [-0.25, -0.2) is 0 Å². The van der Waals surface area contributed by atoms with E-state index in [9.17, 15) is 9.90 Å². The molecule has 0 atom stereocenters. The molecular formula is C14H21NO3. The van der Waals surface area contributed by atoms with Crippen LogP contribution in [0.2, 0.25) is 0 Å². The highest BCUT2D eigenvalue weighted by atomic mass is 16.5. The number of aromatic hydroxyl groups is 1. The molecule has 0 spiro atoms. The van der Waals surface area contributed by atoms with Crippen LogP contribution < -0.4 is 5.32 Å². The number of aryl methyl sites for hydroxylation is 1. The van der Waals surface area contributed by atoms with Crippen LogP contribution in [0.15, 0.2) is 18.2 Å². The van der Waals surface area contributed by atoms with Crippen molar-refractivity contribution >= 4 is 5.91 Å². The summed E-state index contributed by atoms with van der Waals surface area (Å²) < 4.78 is 5.36. The van der Waals surface area contributed by atoms with Gasteiger partial charge in [-0.1, -0.05) is 25.5 Å². The van der Waals surface area contributed by atoms with E-state index in [0.29, 0.717) is 31.2 Å². The normalized spacial score (nSPS) is 10.7. The molecule has 0 radical (unpaired) electrons. The summed E-state index contributed by atoms with van der Waals surface area (Å²) in [5.41, 5.74) is 1.24. The first-order valence-corrected chi connectivity index (χ1v) is 6.16. The van der Waals surface area contributed by atoms with Gasteiger partial charge in [-0.15, -0.1) is 0 Å². The molecule has 0 aliphatic rings. The summed E-state index contributed by atoms with van der Waals surface area (Å²) in [6, 6.07) is 4.96. The molecule has 1 aromatic rings. The Bertz CT molecular complexity index is 402. The minimum atomic E-state index is -0.274. The summed E-state index contributed by atoms with van der Waals surface area (Å²) in [5.74, 6) is 0.215. The summed E-state index contributed by atoms with van der Waals surface area (Å²) in [6.45, 7) is 7.63. The molecule has 0 bridgehead atoms. The number of amides is 1. The minimum Gasteiger partial charge on any atom is -0.507 e. The Morgan fingerprint density at radius 3 is 2.83 bits per heavy atom. The predicted octanol–water partition coefficient (Wildman–Crippen LogP) is 2.10. The zero-order valence-corrected chi connectivity index (χ0v) is 11.2. The van der Waals surface area contributed by atoms with Gasteiger partial charge in [-0.05, 0) is 25.0 Å². The Morgan fingerprint density at radius 2 is 2.17 bits per heavy atom. The second-order valence-electron chi connectivity index (χ2n) is 4.75. The number of ether oxygens (including phenoxy) is 1. The number of nitrogens with one attached hydrogen (secondary N) is 1. The van der Waals surface area contributed by atoms with Crippen molar-refractivity contribution < 1.29 is 14.6 Å². The Morgan fingerprint density at radius 1 is 1.44 bits per heavy atom. The lowest BCUT2D eigenvalue weighted by molar-refractivity contribution is 0.0884. The van der Waals surface area contributed by atoms with Crippen molar-refractivity contribution in [1.29, 1.82) is 0 Å². The van der Waals surface area contributed by atoms with E-state index < -0.39 is 0 Å². The standard InChI is InChI=1S/C14H21NO3/c1-10(2)9-18-7-6-15-14(17)12-8-11(3)4-5-13(12)16/h4-5,8,10,16H,6-7,9H2,1-3H3,(H,15,17). The SMILES string of the molecule is Cc1ccc(O)c(C(=O)NCCOCC(C)C)c1. The van der Waals surface area contributed by atoms with Crippen LogP contribution in [0.1, 0.15) is 29.8 Å². The van der Waals surface area contributed by atoms with Crippen LogP contribution in [0.4, 0.5) is 0 Å². The molecule has 0 aliphatic heterocycles. The molecule has 18 heavy (non-hydrogen) atoms. The van der Waals surface area contributed by atoms with Crippen molar-refractivity contribution in [2.45, 2.75) is 20.8 Å². The fraction of sp³-hybridized carbons (Fsp3) is 0.500. The molecule has 1 aromatic carbocycles. The van der Waals surface area contributed by atoms with Crippen molar-refractivity contribution in [2.24, 2.45) is 5.92 Å². The van der Waals surface area contributed by atoms with Gasteiger partial charge < -0.3 is 15.2 Å². The van der Waals surface area contributed by atoms with E-state index in [1.165, 1.54) is 6.07 Å². The second-order valence-corrected chi connectivity index (χ2v) is 4.75. The van der Waals surface area contributed by atoms with Crippen LogP contribution in [0.5, 0.6) is 5.75 Å². The maximum absolute atomic E-state index is 11.8. The largest absolute Gasteiger partial charge is 0.507 e. The molecule has 0 unspecified atom stereocenters. The molecule has 4 heteroatoms. The third-order valence-corrected chi connectivity index (χ3v) is 2.38. The molecule has 0 aliphatic carbocycles. The zero-order chi connectivity index (χ0) is 13.5. The number of phenols is 1. The van der Waals surface area contributed by atoms with Crippen LogP contribution in [0.3, 0.4) is 0 Å². The first kappa shape index (κ1) is 14.5. The van der Waals surface area contributed by atoms with E-state index >= 15 is 0 Å². The average molecular weight is 251 g/mol. The van der Waals surface area contributed by atoms with Gasteiger partial charge in [0.1, 0.15) is 5.75 Å². The fourth-order valence-corrected chi connectivity index (χ4v) is 1.48. The monoisotopic (exact) mass is 251 g/mol. The molecule has 0 fully saturated rings. The van der Waals surface area contributed by atoms with Crippen LogP contribution in [0.25, 0.3) is 0 Å². The smallest absolute Gasteiger partial charge is 0.255 e. The molecule has 1 amide bonds. The summed E-state index contributed by atoms with van der Waals surface area (Å²) >= 11 is 0. The number of carbonyl (C=O) groups excluding carboxylic acids is 1. The number of hydrogen-bond donors (Lipinski definition) is 2. The molecule has 2 N–H and O–H groups in total. The highest BCUT2D eigenvalue weighted by Gasteiger charge is 2.10. The number of phenolic OH excluding ortho intramolecular Hbond substituents is 1. The van der Waals surface area contributed by atoms with Crippen molar-refractivity contribution in [2.75, 3.05) is 19.8 Å². The van der Waals surface area contributed by atoms with Crippen LogP contribution >= 0.6 is 0 Å². The molecule has 100 valence electrons. The third-order valence-electron chi connectivity index (χ3n) is 2.38. The Hall–Kier alpha value is -1.55. The Kier molecular flexibility index (Phi) is 5.65. The minimum absolute atomic E-state index is 0.00111. The first-order chi connectivity index (χ1) is 8.50. The molecule has 0 heterocycles. The number of rotatable bonds is 6. The van der Waals surface area contributed by atoms with Crippen molar-refractivity contribution in [3.63, 3.8) is 0 Å². The number of benzene rings is 1. The molecule has 0 saturated heterocycles. The fourth-order valence-electron chi connectivity index (χ4n) is 1.48. The highest BCUT2D eigenvalue weighted by Crippen LogP contribution is 2.17. The molecule has 0 saturated carbocycles. The molecule has 0 aromatic heterocycles. The van der Waals surface area contributed by atoms with Crippen molar-refractivity contribution in [1.82, 2.24) is 5.32 Å². The van der Waals surface area contributed by atoms with Crippen LogP contribution in [-0.4, -0.2) is 30.8 Å². The van der Waals surface area contributed by atoms with Crippen LogP contribution in [0, 0.1) is 12.8 Å². The quantitative estimate of drug-likeness (QED) is 0.761. The Labute approximate surface area is 108 Å². The van der Waals surface area contributed by atoms with E-state index in [0.717, 1.165) is 5.56 Å². The lowest BCUT2D eigenvalue weighted by Crippen LogP contribution is -2.27. The highest BCUT2D eigenvalue weighted by molar-refractivity contribution is 5.96. The first-order valence-electron chi connectivity index (χ1n) is 6.16. The van der Waals surface area contributed by atoms with E-state index in [2.05, 4.69) is 19.2 Å². The van der Waals surface area contributed by atoms with E-state index in [1.807, 2.05) is 6.92 Å². The van der Waals surface area contributed by atoms with Gasteiger partial charge in [0.05, 0.1) is 12.2 Å². The Balaban J connectivity index is 2.39. The van der Waals surface area contributed by atoms with Gasteiger partial charge in [0.2, 0.25) is 0 Å². The third kappa shape index (κ3) is 4.75. The van der Waals surface area contributed by atoms with Crippen LogP contribution in [-0.2, 0) is 4.74 Å². The van der Waals surface area contributed by atoms with Gasteiger partial charge >= 0.3 is 0 Å². The second kappa shape index (κ2) is 7.01. The summed E-state index contributed by atoms with van der Waals surface area (Å²) in [4.78, 5) is 11.8. The van der Waals surface area contributed by atoms with E-state index in [4.69, 9.17) is 4.74 Å². The summed E-state index contributed by atoms with van der Waals surface area (Å²) in [6.07, 6.45) is 0. The lowest BCUT2D eigenvalue weighted by Gasteiger charge is -2.09. The number of hydrogen-bond acceptors (Lipinski definition) is 3. The molecular weight excluding hydrogens is 230 g/mol.